The summed E-state index contributed by atoms with van der Waals surface area (Å²) in [5, 5.41) is 8.68. The van der Waals surface area contributed by atoms with E-state index >= 15 is 0 Å². The van der Waals surface area contributed by atoms with Crippen LogP contribution in [0.2, 0.25) is 0 Å². The summed E-state index contributed by atoms with van der Waals surface area (Å²) in [5.41, 5.74) is 2.95. The van der Waals surface area contributed by atoms with E-state index in [1.165, 1.54) is 0 Å². The van der Waals surface area contributed by atoms with Crippen LogP contribution in [0.3, 0.4) is 0 Å². The zero-order valence-electron chi connectivity index (χ0n) is 16.8. The van der Waals surface area contributed by atoms with E-state index in [0.717, 1.165) is 54.5 Å². The lowest BCUT2D eigenvalue weighted by atomic mass is 10.1. The van der Waals surface area contributed by atoms with Gasteiger partial charge in [-0.05, 0) is 42.7 Å². The number of para-hydroxylation sites is 2. The van der Waals surface area contributed by atoms with Gasteiger partial charge in [0.05, 0.1) is 24.7 Å². The van der Waals surface area contributed by atoms with E-state index in [-0.39, 0.29) is 12.1 Å². The summed E-state index contributed by atoms with van der Waals surface area (Å²) in [6.07, 6.45) is 4.76. The molecule has 3 aromatic rings. The molecule has 0 spiro atoms. The number of nitrogens with zero attached hydrogens (tertiary/aromatic N) is 2. The maximum absolute atomic E-state index is 13.1. The highest BCUT2D eigenvalue weighted by atomic mass is 16.5. The van der Waals surface area contributed by atoms with Crippen molar-refractivity contribution in [3.63, 3.8) is 0 Å². The minimum absolute atomic E-state index is 0.00731. The highest BCUT2D eigenvalue weighted by Gasteiger charge is 2.13. The number of aliphatic carboxylic acids is 1. The van der Waals surface area contributed by atoms with Gasteiger partial charge in [0, 0.05) is 13.0 Å². The number of methoxy groups -OCH3 is 1. The van der Waals surface area contributed by atoms with E-state index in [1.54, 1.807) is 7.11 Å². The van der Waals surface area contributed by atoms with E-state index in [2.05, 4.69) is 0 Å². The summed E-state index contributed by atoms with van der Waals surface area (Å²) in [5.74, 6) is 0.0631. The average molecular weight is 396 g/mol. The van der Waals surface area contributed by atoms with Crippen molar-refractivity contribution in [2.24, 2.45) is 0 Å². The molecule has 0 aliphatic carbocycles. The molecule has 29 heavy (non-hydrogen) atoms. The van der Waals surface area contributed by atoms with Gasteiger partial charge in [0.2, 0.25) is 0 Å². The Hall–Kier alpha value is -3.02. The summed E-state index contributed by atoms with van der Waals surface area (Å²) in [6.45, 7) is 1.19. The van der Waals surface area contributed by atoms with Crippen LogP contribution >= 0.6 is 0 Å². The van der Waals surface area contributed by atoms with E-state index < -0.39 is 5.97 Å². The zero-order valence-corrected chi connectivity index (χ0v) is 16.8. The molecule has 0 saturated carbocycles. The largest absolute Gasteiger partial charge is 0.497 e. The van der Waals surface area contributed by atoms with Crippen molar-refractivity contribution in [3.05, 3.63) is 64.6 Å². The van der Waals surface area contributed by atoms with E-state index in [1.807, 2.05) is 57.7 Å². The van der Waals surface area contributed by atoms with Gasteiger partial charge in [0.15, 0.2) is 0 Å². The maximum Gasteiger partial charge on any atom is 0.329 e. The second-order valence-corrected chi connectivity index (χ2v) is 7.27. The van der Waals surface area contributed by atoms with Gasteiger partial charge >= 0.3 is 11.7 Å². The first kappa shape index (κ1) is 20.7. The number of rotatable bonds is 11. The zero-order chi connectivity index (χ0) is 20.6. The SMILES string of the molecule is COc1ccc(Cn2c(=O)n(CCCCCCCC(=O)O)c3ccccc32)cc1. The van der Waals surface area contributed by atoms with Crippen molar-refractivity contribution in [1.29, 1.82) is 0 Å². The lowest BCUT2D eigenvalue weighted by Crippen LogP contribution is -2.24. The molecule has 0 aliphatic rings. The lowest BCUT2D eigenvalue weighted by molar-refractivity contribution is -0.137. The van der Waals surface area contributed by atoms with Crippen LogP contribution in [-0.2, 0) is 17.9 Å². The Morgan fingerprint density at radius 3 is 2.17 bits per heavy atom. The fraction of sp³-hybridized carbons (Fsp3) is 0.391. The topological polar surface area (TPSA) is 73.5 Å². The first-order valence-corrected chi connectivity index (χ1v) is 10.1. The van der Waals surface area contributed by atoms with Gasteiger partial charge in [-0.1, -0.05) is 43.5 Å². The van der Waals surface area contributed by atoms with Crippen LogP contribution < -0.4 is 10.4 Å². The molecule has 3 rings (SSSR count). The highest BCUT2D eigenvalue weighted by Crippen LogP contribution is 2.17. The molecule has 1 N–H and O–H groups in total. The maximum atomic E-state index is 13.1. The molecule has 0 unspecified atom stereocenters. The summed E-state index contributed by atoms with van der Waals surface area (Å²) in [7, 11) is 1.64. The van der Waals surface area contributed by atoms with Crippen LogP contribution in [0.4, 0.5) is 0 Å². The van der Waals surface area contributed by atoms with Gasteiger partial charge in [-0.3, -0.25) is 13.9 Å². The predicted molar refractivity (Wildman–Crippen MR) is 114 cm³/mol. The monoisotopic (exact) mass is 396 g/mol. The number of hydrogen-bond acceptors (Lipinski definition) is 3. The Labute approximate surface area is 170 Å². The van der Waals surface area contributed by atoms with Crippen LogP contribution in [0.5, 0.6) is 5.75 Å². The van der Waals surface area contributed by atoms with Gasteiger partial charge in [-0.2, -0.15) is 0 Å². The van der Waals surface area contributed by atoms with Gasteiger partial charge in [0.1, 0.15) is 5.75 Å². The van der Waals surface area contributed by atoms with Crippen molar-refractivity contribution in [1.82, 2.24) is 9.13 Å². The number of aromatic nitrogens is 2. The third-order valence-corrected chi connectivity index (χ3v) is 5.20. The minimum Gasteiger partial charge on any atom is -0.497 e. The Bertz CT molecular complexity index is 1000. The van der Waals surface area contributed by atoms with Crippen LogP contribution in [0.25, 0.3) is 11.0 Å². The van der Waals surface area contributed by atoms with Crippen LogP contribution in [0.15, 0.2) is 53.3 Å². The number of aryl methyl sites for hydroxylation is 1. The van der Waals surface area contributed by atoms with Gasteiger partial charge < -0.3 is 9.84 Å². The first-order chi connectivity index (χ1) is 14.1. The van der Waals surface area contributed by atoms with Crippen LogP contribution in [0.1, 0.15) is 44.1 Å². The van der Waals surface area contributed by atoms with Crippen LogP contribution in [-0.4, -0.2) is 27.3 Å². The lowest BCUT2D eigenvalue weighted by Gasteiger charge is -2.05. The first-order valence-electron chi connectivity index (χ1n) is 10.1. The van der Waals surface area contributed by atoms with Crippen molar-refractivity contribution in [2.45, 2.75) is 51.6 Å². The fourth-order valence-electron chi connectivity index (χ4n) is 3.63. The molecular weight excluding hydrogens is 368 g/mol. The van der Waals surface area contributed by atoms with Crippen LogP contribution in [0, 0.1) is 0 Å². The molecule has 6 heteroatoms. The smallest absolute Gasteiger partial charge is 0.329 e. The van der Waals surface area contributed by atoms with Crippen molar-refractivity contribution in [3.8, 4) is 5.75 Å². The number of ether oxygens (including phenoxy) is 1. The standard InChI is InChI=1S/C23H28N2O4/c1-29-19-14-12-18(13-15-19)17-25-21-10-7-6-9-20(21)24(23(25)28)16-8-4-2-3-5-11-22(26)27/h6-7,9-10,12-15H,2-5,8,11,16-17H2,1H3,(H,26,27). The molecule has 0 saturated heterocycles. The van der Waals surface area contributed by atoms with E-state index in [0.29, 0.717) is 13.1 Å². The summed E-state index contributed by atoms with van der Waals surface area (Å²) in [4.78, 5) is 23.6. The second-order valence-electron chi connectivity index (χ2n) is 7.27. The molecule has 154 valence electrons. The number of carboxylic acid groups (broad SMARTS) is 1. The molecule has 0 fully saturated rings. The molecule has 1 heterocycles. The number of hydrogen-bond donors (Lipinski definition) is 1. The average Bonchev–Trinajstić information content (AvgIpc) is 2.99. The molecule has 2 aromatic carbocycles. The molecule has 1 aromatic heterocycles. The minimum atomic E-state index is -0.735. The Kier molecular flexibility index (Phi) is 7.11. The van der Waals surface area contributed by atoms with Crippen molar-refractivity contribution >= 4 is 17.0 Å². The third-order valence-electron chi connectivity index (χ3n) is 5.20. The van der Waals surface area contributed by atoms with Gasteiger partial charge in [-0.15, -0.1) is 0 Å². The summed E-state index contributed by atoms with van der Waals surface area (Å²) in [6, 6.07) is 15.7. The van der Waals surface area contributed by atoms with E-state index in [4.69, 9.17) is 9.84 Å². The van der Waals surface area contributed by atoms with E-state index in [9.17, 15) is 9.59 Å². The molecule has 6 nitrogen and oxygen atoms in total. The molecule has 0 atom stereocenters. The number of carbonyl (C=O) groups is 1. The third kappa shape index (κ3) is 5.28. The van der Waals surface area contributed by atoms with Gasteiger partial charge in [0.25, 0.3) is 0 Å². The molecule has 0 aliphatic heterocycles. The summed E-state index contributed by atoms with van der Waals surface area (Å²) >= 11 is 0. The van der Waals surface area contributed by atoms with Crippen molar-refractivity contribution in [2.75, 3.05) is 7.11 Å². The summed E-state index contributed by atoms with van der Waals surface area (Å²) < 4.78 is 8.89. The molecule has 0 radical (unpaired) electrons. The Morgan fingerprint density at radius 1 is 0.897 bits per heavy atom. The number of unbranched alkanes of at least 4 members (excludes halogenated alkanes) is 4. The number of fused-ring (bicyclic) bond motifs is 1. The number of carboxylic acids is 1. The van der Waals surface area contributed by atoms with Gasteiger partial charge in [-0.25, -0.2) is 4.79 Å². The quantitative estimate of drug-likeness (QED) is 0.491. The molecule has 0 bridgehead atoms. The normalized spacial score (nSPS) is 11.1. The second kappa shape index (κ2) is 9.96. The Balaban J connectivity index is 1.69. The predicted octanol–water partition coefficient (Wildman–Crippen LogP) is 4.29. The molecule has 0 amide bonds. The Morgan fingerprint density at radius 2 is 1.52 bits per heavy atom. The number of benzene rings is 2. The fourth-order valence-corrected chi connectivity index (χ4v) is 3.63. The number of imidazole rings is 1. The molecular formula is C23H28N2O4. The highest BCUT2D eigenvalue weighted by molar-refractivity contribution is 5.76. The van der Waals surface area contributed by atoms with Crippen molar-refractivity contribution < 1.29 is 14.6 Å².